The number of nitrogens with zero attached hydrogens (tertiary/aromatic N) is 1. The fraction of sp³-hybridized carbons (Fsp3) is 0.500. The van der Waals surface area contributed by atoms with Crippen LogP contribution in [0.15, 0.2) is 18.2 Å². The lowest BCUT2D eigenvalue weighted by Gasteiger charge is -2.33. The number of anilines is 1. The molecule has 0 unspecified atom stereocenters. The summed E-state index contributed by atoms with van der Waals surface area (Å²) in [5, 5.41) is 9.00. The van der Waals surface area contributed by atoms with E-state index in [-0.39, 0.29) is 0 Å². The molecule has 1 aromatic rings. The van der Waals surface area contributed by atoms with Crippen LogP contribution in [0.5, 0.6) is 0 Å². The van der Waals surface area contributed by atoms with Crippen LogP contribution in [-0.2, 0) is 4.74 Å². The minimum Gasteiger partial charge on any atom is -0.478 e. The number of carbonyl (C=O) groups is 1. The summed E-state index contributed by atoms with van der Waals surface area (Å²) in [4.78, 5) is 13.2. The zero-order valence-electron chi connectivity index (χ0n) is 10.8. The molecular formula is C14H19NO3. The van der Waals surface area contributed by atoms with E-state index in [0.29, 0.717) is 11.7 Å². The van der Waals surface area contributed by atoms with Crippen LogP contribution in [0.1, 0.15) is 28.8 Å². The van der Waals surface area contributed by atoms with Gasteiger partial charge in [-0.05, 0) is 43.5 Å². The number of piperidine rings is 1. The number of hydrogen-bond acceptors (Lipinski definition) is 3. The van der Waals surface area contributed by atoms with Crippen LogP contribution in [0.4, 0.5) is 5.69 Å². The largest absolute Gasteiger partial charge is 0.478 e. The molecule has 1 aliphatic rings. The second-order valence-corrected chi connectivity index (χ2v) is 4.73. The van der Waals surface area contributed by atoms with Gasteiger partial charge in [-0.25, -0.2) is 4.79 Å². The van der Waals surface area contributed by atoms with E-state index >= 15 is 0 Å². The lowest BCUT2D eigenvalue weighted by molar-refractivity contribution is 0.0696. The highest BCUT2D eigenvalue weighted by atomic mass is 16.5. The van der Waals surface area contributed by atoms with Crippen molar-refractivity contribution in [3.05, 3.63) is 29.3 Å². The fourth-order valence-electron chi connectivity index (χ4n) is 2.43. The Balaban J connectivity index is 2.11. The molecule has 1 aliphatic heterocycles. The van der Waals surface area contributed by atoms with E-state index in [9.17, 15) is 4.79 Å². The predicted molar refractivity (Wildman–Crippen MR) is 70.4 cm³/mol. The highest BCUT2D eigenvalue weighted by Crippen LogP contribution is 2.23. The molecule has 1 saturated heterocycles. The van der Waals surface area contributed by atoms with Gasteiger partial charge < -0.3 is 14.7 Å². The molecule has 98 valence electrons. The Hall–Kier alpha value is -1.55. The Bertz CT molecular complexity index is 437. The van der Waals surface area contributed by atoms with Crippen molar-refractivity contribution in [2.24, 2.45) is 0 Å². The minimum absolute atomic E-state index is 0.362. The van der Waals surface area contributed by atoms with Crippen molar-refractivity contribution < 1.29 is 14.6 Å². The van der Waals surface area contributed by atoms with E-state index in [1.807, 2.05) is 19.1 Å². The maximum Gasteiger partial charge on any atom is 0.335 e. The number of hydrogen-bond donors (Lipinski definition) is 1. The number of carboxylic acids is 1. The van der Waals surface area contributed by atoms with Crippen molar-refractivity contribution in [2.45, 2.75) is 25.9 Å². The highest BCUT2D eigenvalue weighted by Gasteiger charge is 2.19. The molecule has 0 aromatic heterocycles. The quantitative estimate of drug-likeness (QED) is 0.893. The smallest absolute Gasteiger partial charge is 0.335 e. The molecule has 0 spiro atoms. The van der Waals surface area contributed by atoms with Gasteiger partial charge in [-0.3, -0.25) is 0 Å². The highest BCUT2D eigenvalue weighted by molar-refractivity contribution is 5.89. The lowest BCUT2D eigenvalue weighted by atomic mass is 10.0. The lowest BCUT2D eigenvalue weighted by Crippen LogP contribution is -2.36. The van der Waals surface area contributed by atoms with Gasteiger partial charge in [0.1, 0.15) is 0 Å². The maximum atomic E-state index is 11.0. The topological polar surface area (TPSA) is 49.8 Å². The summed E-state index contributed by atoms with van der Waals surface area (Å²) >= 11 is 0. The summed E-state index contributed by atoms with van der Waals surface area (Å²) in [5.74, 6) is -0.864. The summed E-state index contributed by atoms with van der Waals surface area (Å²) in [7, 11) is 1.76. The number of ether oxygens (including phenoxy) is 1. The second-order valence-electron chi connectivity index (χ2n) is 4.73. The van der Waals surface area contributed by atoms with Crippen molar-refractivity contribution in [1.29, 1.82) is 0 Å². The standard InChI is InChI=1S/C14H19NO3/c1-10-9-11(3-4-13(10)14(16)17)15-7-5-12(18-2)6-8-15/h3-4,9,12H,5-8H2,1-2H3,(H,16,17). The zero-order valence-corrected chi connectivity index (χ0v) is 10.8. The molecule has 1 fully saturated rings. The van der Waals surface area contributed by atoms with Gasteiger partial charge in [-0.15, -0.1) is 0 Å². The van der Waals surface area contributed by atoms with Crippen molar-refractivity contribution in [3.8, 4) is 0 Å². The monoisotopic (exact) mass is 249 g/mol. The Kier molecular flexibility index (Phi) is 3.87. The third-order valence-corrected chi connectivity index (χ3v) is 3.58. The first-order valence-electron chi connectivity index (χ1n) is 6.23. The molecule has 1 N–H and O–H groups in total. The van der Waals surface area contributed by atoms with Crippen LogP contribution < -0.4 is 4.90 Å². The van der Waals surface area contributed by atoms with Gasteiger partial charge in [-0.2, -0.15) is 0 Å². The van der Waals surface area contributed by atoms with Crippen LogP contribution in [0.25, 0.3) is 0 Å². The molecule has 4 heteroatoms. The van der Waals surface area contributed by atoms with Gasteiger partial charge in [0.2, 0.25) is 0 Å². The molecule has 1 aromatic carbocycles. The third-order valence-electron chi connectivity index (χ3n) is 3.58. The fourth-order valence-corrected chi connectivity index (χ4v) is 2.43. The second kappa shape index (κ2) is 5.40. The SMILES string of the molecule is COC1CCN(c2ccc(C(=O)O)c(C)c2)CC1. The van der Waals surface area contributed by atoms with E-state index in [1.165, 1.54) is 0 Å². The number of methoxy groups -OCH3 is 1. The molecule has 0 bridgehead atoms. The van der Waals surface area contributed by atoms with Gasteiger partial charge in [0, 0.05) is 25.9 Å². The zero-order chi connectivity index (χ0) is 13.1. The Morgan fingerprint density at radius 1 is 1.39 bits per heavy atom. The number of aromatic carboxylic acids is 1. The van der Waals surface area contributed by atoms with Gasteiger partial charge in [-0.1, -0.05) is 0 Å². The summed E-state index contributed by atoms with van der Waals surface area (Å²) in [6.07, 6.45) is 2.41. The van der Waals surface area contributed by atoms with Crippen LogP contribution >= 0.6 is 0 Å². The summed E-state index contributed by atoms with van der Waals surface area (Å²) in [6, 6.07) is 5.54. The molecule has 0 radical (unpaired) electrons. The van der Waals surface area contributed by atoms with Crippen LogP contribution in [0.3, 0.4) is 0 Å². The molecule has 1 heterocycles. The normalized spacial score (nSPS) is 16.9. The molecule has 0 aliphatic carbocycles. The van der Waals surface area contributed by atoms with Crippen LogP contribution in [0.2, 0.25) is 0 Å². The molecule has 4 nitrogen and oxygen atoms in total. The van der Waals surface area contributed by atoms with Crippen molar-refractivity contribution >= 4 is 11.7 Å². The number of rotatable bonds is 3. The van der Waals surface area contributed by atoms with E-state index in [4.69, 9.17) is 9.84 Å². The van der Waals surface area contributed by atoms with Crippen molar-refractivity contribution in [2.75, 3.05) is 25.1 Å². The maximum absolute atomic E-state index is 11.0. The van der Waals surface area contributed by atoms with Crippen LogP contribution in [0, 0.1) is 6.92 Å². The van der Waals surface area contributed by atoms with Gasteiger partial charge in [0.05, 0.1) is 11.7 Å². The molecule has 2 rings (SSSR count). The molecular weight excluding hydrogens is 230 g/mol. The number of carboxylic acid groups (broad SMARTS) is 1. The minimum atomic E-state index is -0.864. The molecule has 0 amide bonds. The van der Waals surface area contributed by atoms with Gasteiger partial charge in [0.15, 0.2) is 0 Å². The predicted octanol–water partition coefficient (Wildman–Crippen LogP) is 2.31. The average molecular weight is 249 g/mol. The van der Waals surface area contributed by atoms with E-state index < -0.39 is 5.97 Å². The first kappa shape index (κ1) is 12.9. The molecule has 0 atom stereocenters. The van der Waals surface area contributed by atoms with Crippen molar-refractivity contribution in [1.82, 2.24) is 0 Å². The Labute approximate surface area is 107 Å². The summed E-state index contributed by atoms with van der Waals surface area (Å²) < 4.78 is 5.35. The van der Waals surface area contributed by atoms with Crippen molar-refractivity contribution in [3.63, 3.8) is 0 Å². The van der Waals surface area contributed by atoms with E-state index in [2.05, 4.69) is 4.90 Å². The first-order chi connectivity index (χ1) is 8.61. The summed E-state index contributed by atoms with van der Waals surface area (Å²) in [6.45, 7) is 3.77. The Morgan fingerprint density at radius 3 is 2.56 bits per heavy atom. The van der Waals surface area contributed by atoms with E-state index in [1.54, 1.807) is 13.2 Å². The number of aryl methyl sites for hydroxylation is 1. The summed E-state index contributed by atoms with van der Waals surface area (Å²) in [5.41, 5.74) is 2.30. The third kappa shape index (κ3) is 2.64. The molecule has 0 saturated carbocycles. The van der Waals surface area contributed by atoms with Gasteiger partial charge in [0.25, 0.3) is 0 Å². The molecule has 18 heavy (non-hydrogen) atoms. The van der Waals surface area contributed by atoms with E-state index in [0.717, 1.165) is 37.2 Å². The van der Waals surface area contributed by atoms with Gasteiger partial charge >= 0.3 is 5.97 Å². The Morgan fingerprint density at radius 2 is 2.06 bits per heavy atom. The average Bonchev–Trinajstić information content (AvgIpc) is 2.38. The number of benzene rings is 1. The first-order valence-corrected chi connectivity index (χ1v) is 6.23. The van der Waals surface area contributed by atoms with Crippen LogP contribution in [-0.4, -0.2) is 37.4 Å².